The van der Waals surface area contributed by atoms with Crippen LogP contribution in [0.2, 0.25) is 5.02 Å². The van der Waals surface area contributed by atoms with Gasteiger partial charge in [0.1, 0.15) is 17.5 Å². The fourth-order valence-corrected chi connectivity index (χ4v) is 9.17. The zero-order valence-electron chi connectivity index (χ0n) is 27.9. The van der Waals surface area contributed by atoms with Crippen LogP contribution in [0.1, 0.15) is 57.1 Å². The van der Waals surface area contributed by atoms with E-state index < -0.39 is 33.7 Å². The van der Waals surface area contributed by atoms with Crippen molar-refractivity contribution in [3.63, 3.8) is 0 Å². The van der Waals surface area contributed by atoms with Gasteiger partial charge in [-0.15, -0.1) is 0 Å². The van der Waals surface area contributed by atoms with Crippen molar-refractivity contribution in [3.8, 4) is 5.75 Å². The first kappa shape index (κ1) is 34.1. The number of carbonyl (C=O) groups excluding carboxylic acids is 2. The number of aryl methyl sites for hydroxylation is 1. The molecule has 2 fully saturated rings. The third-order valence-corrected chi connectivity index (χ3v) is 12.4. The van der Waals surface area contributed by atoms with Crippen molar-refractivity contribution >= 4 is 39.3 Å². The van der Waals surface area contributed by atoms with E-state index in [1.165, 1.54) is 31.0 Å². The number of nitrogens with one attached hydrogen (secondary N) is 2. The van der Waals surface area contributed by atoms with E-state index in [-0.39, 0.29) is 34.8 Å². The lowest BCUT2D eigenvalue weighted by molar-refractivity contribution is -0.139. The number of nitrogens with zero attached hydrogens (tertiary/aromatic N) is 1. The molecule has 1 saturated carbocycles. The number of benzene rings is 2. The first-order chi connectivity index (χ1) is 23.4. The Morgan fingerprint density at radius 2 is 2.00 bits per heavy atom. The van der Waals surface area contributed by atoms with Crippen molar-refractivity contribution in [2.45, 2.75) is 80.4 Å². The number of hydrogen-bond acceptors (Lipinski definition) is 9. The number of ether oxygens (including phenoxy) is 4. The van der Waals surface area contributed by atoms with Gasteiger partial charge in [0.15, 0.2) is 0 Å². The minimum atomic E-state index is -4.24. The summed E-state index contributed by atoms with van der Waals surface area (Å²) in [6, 6.07) is 10.7. The van der Waals surface area contributed by atoms with Gasteiger partial charge >= 0.3 is 6.09 Å². The molecule has 5 atom stereocenters. The molecular formula is C36H44ClN3O8S. The summed E-state index contributed by atoms with van der Waals surface area (Å²) in [5.41, 5.74) is 1.23. The van der Waals surface area contributed by atoms with Gasteiger partial charge in [0.2, 0.25) is 0 Å². The molecule has 1 spiro atoms. The fourth-order valence-electron chi connectivity index (χ4n) is 7.86. The summed E-state index contributed by atoms with van der Waals surface area (Å²) < 4.78 is 53.3. The van der Waals surface area contributed by atoms with Crippen LogP contribution < -0.4 is 19.7 Å². The SMILES string of the molecule is CC1(C)OCC=C[C@H](OC(=O)N[C@@H]2CCOC2)[C@@H]2CC[C@H]2CN2C[C@@]3(CCCc4cc(Cl)ccc43)COc3ccc(cc32)S(=O)(=O)NC1=O. The van der Waals surface area contributed by atoms with Gasteiger partial charge in [-0.1, -0.05) is 23.7 Å². The van der Waals surface area contributed by atoms with Gasteiger partial charge in [-0.05, 0) is 106 Å². The van der Waals surface area contributed by atoms with Crippen molar-refractivity contribution < 1.29 is 37.0 Å². The number of halogens is 1. The molecule has 3 aliphatic heterocycles. The molecule has 0 unspecified atom stereocenters. The van der Waals surface area contributed by atoms with Crippen LogP contribution in [0, 0.1) is 11.8 Å². The van der Waals surface area contributed by atoms with Crippen molar-refractivity contribution in [2.75, 3.05) is 44.4 Å². The Hall–Kier alpha value is -3.32. The van der Waals surface area contributed by atoms with E-state index in [1.54, 1.807) is 18.2 Å². The largest absolute Gasteiger partial charge is 0.490 e. The molecule has 2 aliphatic carbocycles. The third kappa shape index (κ3) is 7.02. The average Bonchev–Trinajstić information content (AvgIpc) is 3.50. The molecule has 3 heterocycles. The van der Waals surface area contributed by atoms with Crippen LogP contribution >= 0.6 is 11.6 Å². The maximum absolute atomic E-state index is 13.6. The first-order valence-corrected chi connectivity index (χ1v) is 19.0. The number of amides is 2. The highest BCUT2D eigenvalue weighted by Crippen LogP contribution is 2.47. The van der Waals surface area contributed by atoms with E-state index in [0.29, 0.717) is 49.4 Å². The maximum atomic E-state index is 13.6. The Morgan fingerprint density at radius 3 is 2.78 bits per heavy atom. The van der Waals surface area contributed by atoms with Gasteiger partial charge in [-0.2, -0.15) is 0 Å². The average molecular weight is 714 g/mol. The van der Waals surface area contributed by atoms with Crippen LogP contribution in [-0.4, -0.2) is 77.7 Å². The van der Waals surface area contributed by atoms with Crippen LogP contribution in [0.5, 0.6) is 5.75 Å². The Kier molecular flexibility index (Phi) is 9.36. The zero-order valence-corrected chi connectivity index (χ0v) is 29.5. The Balaban J connectivity index is 1.26. The molecule has 0 radical (unpaired) electrons. The van der Waals surface area contributed by atoms with E-state index in [4.69, 9.17) is 30.5 Å². The lowest BCUT2D eigenvalue weighted by atomic mass is 9.68. The van der Waals surface area contributed by atoms with Gasteiger partial charge in [0.25, 0.3) is 15.9 Å². The van der Waals surface area contributed by atoms with E-state index in [9.17, 15) is 18.0 Å². The molecule has 49 heavy (non-hydrogen) atoms. The molecule has 2 N–H and O–H groups in total. The molecule has 7 rings (SSSR count). The zero-order chi connectivity index (χ0) is 34.4. The monoisotopic (exact) mass is 713 g/mol. The Labute approximate surface area is 292 Å². The second-order valence-corrected chi connectivity index (χ2v) is 16.6. The van der Waals surface area contributed by atoms with Gasteiger partial charge in [0, 0.05) is 36.1 Å². The molecular weight excluding hydrogens is 670 g/mol. The standard InChI is InChI=1S/C36H44ClN3O8S/c1-35(2)33(41)39-49(43,44)27-9-12-32-30(18-27)40(21-36(22-46-32)14-3-5-23-17-25(37)8-11-29(23)36)19-24-7-10-28(24)31(6-4-15-47-35)48-34(42)38-26-13-16-45-20-26/h4,6,8-9,11-12,17-18,24,26,28,31H,3,5,7,10,13-16,19-22H2,1-2H3,(H,38,42)(H,39,41)/t24-,26+,28+,31-,36-/m0/s1. The van der Waals surface area contributed by atoms with E-state index >= 15 is 0 Å². The predicted octanol–water partition coefficient (Wildman–Crippen LogP) is 4.89. The molecule has 11 nitrogen and oxygen atoms in total. The number of rotatable bonds is 2. The van der Waals surface area contributed by atoms with Crippen molar-refractivity contribution in [1.29, 1.82) is 0 Å². The molecule has 2 aromatic rings. The maximum Gasteiger partial charge on any atom is 0.408 e. The molecule has 0 aromatic heterocycles. The van der Waals surface area contributed by atoms with Crippen molar-refractivity contribution in [3.05, 3.63) is 64.7 Å². The van der Waals surface area contributed by atoms with Gasteiger partial charge < -0.3 is 29.2 Å². The number of hydrogen-bond donors (Lipinski definition) is 2. The fraction of sp³-hybridized carbons (Fsp3) is 0.556. The lowest BCUT2D eigenvalue weighted by Gasteiger charge is -2.46. The summed E-state index contributed by atoms with van der Waals surface area (Å²) in [5.74, 6) is -0.0648. The quantitative estimate of drug-likeness (QED) is 0.418. The van der Waals surface area contributed by atoms with Crippen LogP contribution in [0.4, 0.5) is 10.5 Å². The summed E-state index contributed by atoms with van der Waals surface area (Å²) in [6.07, 6.45) is 7.84. The Morgan fingerprint density at radius 1 is 1.14 bits per heavy atom. The van der Waals surface area contributed by atoms with Crippen molar-refractivity contribution in [2.24, 2.45) is 11.8 Å². The number of alkyl carbamates (subject to hydrolysis) is 1. The van der Waals surface area contributed by atoms with Gasteiger partial charge in [-0.25, -0.2) is 17.9 Å². The highest BCUT2D eigenvalue weighted by atomic mass is 35.5. The summed E-state index contributed by atoms with van der Waals surface area (Å²) in [5, 5.41) is 3.63. The van der Waals surface area contributed by atoms with Crippen LogP contribution in [-0.2, 0) is 40.9 Å². The molecule has 2 bridgehead atoms. The first-order valence-electron chi connectivity index (χ1n) is 17.2. The number of carbonyl (C=O) groups is 2. The van der Waals surface area contributed by atoms with Crippen LogP contribution in [0.3, 0.4) is 0 Å². The summed E-state index contributed by atoms with van der Waals surface area (Å²) in [7, 11) is -4.24. The number of sulfonamides is 1. The molecule has 264 valence electrons. The third-order valence-electron chi connectivity index (χ3n) is 10.8. The molecule has 5 aliphatic rings. The second kappa shape index (κ2) is 13.4. The second-order valence-electron chi connectivity index (χ2n) is 14.5. The molecule has 13 heteroatoms. The molecule has 2 amide bonds. The normalized spacial score (nSPS) is 30.5. The summed E-state index contributed by atoms with van der Waals surface area (Å²) in [4.78, 5) is 28.5. The van der Waals surface area contributed by atoms with Gasteiger partial charge in [-0.3, -0.25) is 4.79 Å². The Bertz CT molecular complexity index is 1740. The van der Waals surface area contributed by atoms with E-state index in [0.717, 1.165) is 38.5 Å². The topological polar surface area (TPSA) is 132 Å². The summed E-state index contributed by atoms with van der Waals surface area (Å²) in [6.45, 7) is 5.72. The molecule has 2 aromatic carbocycles. The van der Waals surface area contributed by atoms with Crippen LogP contribution in [0.25, 0.3) is 0 Å². The highest BCUT2D eigenvalue weighted by Gasteiger charge is 2.45. The smallest absolute Gasteiger partial charge is 0.408 e. The van der Waals surface area contributed by atoms with E-state index in [1.807, 2.05) is 18.2 Å². The lowest BCUT2D eigenvalue weighted by Crippen LogP contribution is -2.50. The number of fused-ring (bicyclic) bond motifs is 4. The van der Waals surface area contributed by atoms with Crippen molar-refractivity contribution in [1.82, 2.24) is 10.0 Å². The number of anilines is 1. The van der Waals surface area contributed by atoms with E-state index in [2.05, 4.69) is 21.0 Å². The van der Waals surface area contributed by atoms with Crippen LogP contribution in [0.15, 0.2) is 53.4 Å². The highest BCUT2D eigenvalue weighted by molar-refractivity contribution is 7.90. The molecule has 1 saturated heterocycles. The summed E-state index contributed by atoms with van der Waals surface area (Å²) >= 11 is 6.43. The predicted molar refractivity (Wildman–Crippen MR) is 184 cm³/mol. The minimum Gasteiger partial charge on any atom is -0.490 e. The minimum absolute atomic E-state index is 0.0129. The van der Waals surface area contributed by atoms with Gasteiger partial charge in [0.05, 0.1) is 36.4 Å².